The average Bonchev–Trinajstić information content (AvgIpc) is 2.73. The predicted molar refractivity (Wildman–Crippen MR) is 105 cm³/mol. The fourth-order valence-corrected chi connectivity index (χ4v) is 4.47. The zero-order valence-corrected chi connectivity index (χ0v) is 16.8. The van der Waals surface area contributed by atoms with Crippen LogP contribution in [-0.2, 0) is 21.4 Å². The number of benzene rings is 2. The number of ether oxygens (including phenoxy) is 2. The van der Waals surface area contributed by atoms with Gasteiger partial charge in [-0.05, 0) is 24.6 Å². The number of nitrogens with zero attached hydrogens (tertiary/aromatic N) is 3. The second-order valence-corrected chi connectivity index (χ2v) is 8.45. The average molecular weight is 437 g/mol. The lowest BCUT2D eigenvalue weighted by Gasteiger charge is -2.26. The van der Waals surface area contributed by atoms with E-state index in [4.69, 9.17) is 9.47 Å². The maximum Gasteiger partial charge on any atom is 0.312 e. The van der Waals surface area contributed by atoms with E-state index in [1.165, 1.54) is 28.6 Å². The van der Waals surface area contributed by atoms with Gasteiger partial charge in [-0.2, -0.15) is 4.31 Å². The first-order chi connectivity index (χ1) is 14.2. The molecule has 1 heterocycles. The monoisotopic (exact) mass is 437 g/mol. The summed E-state index contributed by atoms with van der Waals surface area (Å²) in [5, 5.41) is 22.6. The molecule has 2 aromatic rings. The Balaban J connectivity index is 1.87. The first-order valence-corrected chi connectivity index (χ1v) is 10.4. The molecule has 12 heteroatoms. The van der Waals surface area contributed by atoms with Crippen molar-refractivity contribution in [2.45, 2.75) is 18.4 Å². The van der Waals surface area contributed by atoms with Gasteiger partial charge >= 0.3 is 5.69 Å². The summed E-state index contributed by atoms with van der Waals surface area (Å²) in [7, 11) is -3.91. The summed E-state index contributed by atoms with van der Waals surface area (Å²) in [6.45, 7) is 2.25. The highest BCUT2D eigenvalue weighted by atomic mass is 32.2. The van der Waals surface area contributed by atoms with Crippen molar-refractivity contribution in [1.82, 2.24) is 4.31 Å². The van der Waals surface area contributed by atoms with Crippen molar-refractivity contribution in [2.75, 3.05) is 26.3 Å². The first-order valence-electron chi connectivity index (χ1n) is 8.94. The van der Waals surface area contributed by atoms with E-state index < -0.39 is 25.6 Å². The topological polar surface area (TPSA) is 142 Å². The van der Waals surface area contributed by atoms with Gasteiger partial charge in [-0.1, -0.05) is 12.1 Å². The van der Waals surface area contributed by atoms with E-state index in [9.17, 15) is 28.6 Å². The van der Waals surface area contributed by atoms with Crippen molar-refractivity contribution < 1.29 is 27.7 Å². The van der Waals surface area contributed by atoms with E-state index in [0.29, 0.717) is 11.1 Å². The van der Waals surface area contributed by atoms with Crippen LogP contribution in [-0.4, -0.2) is 48.9 Å². The minimum absolute atomic E-state index is 0.0856. The minimum Gasteiger partial charge on any atom is -0.482 e. The van der Waals surface area contributed by atoms with E-state index >= 15 is 0 Å². The van der Waals surface area contributed by atoms with Crippen LogP contribution in [0.3, 0.4) is 0 Å². The van der Waals surface area contributed by atoms with Gasteiger partial charge in [-0.15, -0.1) is 0 Å². The molecule has 1 aliphatic rings. The van der Waals surface area contributed by atoms with Crippen LogP contribution in [0.2, 0.25) is 0 Å². The molecule has 1 aliphatic heterocycles. The molecule has 0 radical (unpaired) electrons. The van der Waals surface area contributed by atoms with Crippen molar-refractivity contribution in [2.24, 2.45) is 0 Å². The first kappa shape index (κ1) is 21.6. The van der Waals surface area contributed by atoms with Gasteiger partial charge < -0.3 is 9.47 Å². The van der Waals surface area contributed by atoms with Gasteiger partial charge in [-0.3, -0.25) is 20.2 Å². The lowest BCUT2D eigenvalue weighted by molar-refractivity contribution is -0.386. The standard InChI is InChI=1S/C18H19N3O8S/c1-13-14(3-2-4-16(13)20(22)23)12-29-18-6-5-15(11-17(18)21(24)25)30(26,27)19-7-9-28-10-8-19/h2-6,11H,7-10,12H2,1H3. The Hall–Kier alpha value is -3.09. The molecule has 0 bridgehead atoms. The summed E-state index contributed by atoms with van der Waals surface area (Å²) >= 11 is 0. The number of hydrogen-bond donors (Lipinski definition) is 0. The zero-order chi connectivity index (χ0) is 21.9. The number of sulfonamides is 1. The molecule has 0 saturated carbocycles. The van der Waals surface area contributed by atoms with Gasteiger partial charge in [0, 0.05) is 30.8 Å². The SMILES string of the molecule is Cc1c(COc2ccc(S(=O)(=O)N3CCOCC3)cc2[N+](=O)[O-])cccc1[N+](=O)[O-]. The number of morpholine rings is 1. The van der Waals surface area contributed by atoms with Gasteiger partial charge in [0.25, 0.3) is 5.69 Å². The molecular formula is C18H19N3O8S. The Morgan fingerprint density at radius 1 is 1.07 bits per heavy atom. The summed E-state index contributed by atoms with van der Waals surface area (Å²) in [6.07, 6.45) is 0. The molecule has 11 nitrogen and oxygen atoms in total. The van der Waals surface area contributed by atoms with E-state index in [0.717, 1.165) is 6.07 Å². The lowest BCUT2D eigenvalue weighted by Crippen LogP contribution is -2.40. The van der Waals surface area contributed by atoms with Crippen molar-refractivity contribution in [1.29, 1.82) is 0 Å². The molecule has 1 fully saturated rings. The van der Waals surface area contributed by atoms with Crippen LogP contribution in [0, 0.1) is 27.2 Å². The Bertz CT molecular complexity index is 1080. The third-order valence-electron chi connectivity index (χ3n) is 4.73. The molecule has 160 valence electrons. The summed E-state index contributed by atoms with van der Waals surface area (Å²) in [5.41, 5.74) is 0.283. The van der Waals surface area contributed by atoms with Crippen LogP contribution < -0.4 is 4.74 Å². The van der Waals surface area contributed by atoms with E-state index in [1.807, 2.05) is 0 Å². The van der Waals surface area contributed by atoms with Gasteiger partial charge in [0.2, 0.25) is 10.0 Å². The lowest BCUT2D eigenvalue weighted by atomic mass is 10.1. The molecule has 0 N–H and O–H groups in total. The second-order valence-electron chi connectivity index (χ2n) is 6.51. The van der Waals surface area contributed by atoms with E-state index in [1.54, 1.807) is 13.0 Å². The van der Waals surface area contributed by atoms with Crippen LogP contribution in [0.5, 0.6) is 5.75 Å². The number of nitro groups is 2. The number of rotatable bonds is 7. The highest BCUT2D eigenvalue weighted by molar-refractivity contribution is 7.89. The molecule has 0 spiro atoms. The molecule has 1 saturated heterocycles. The van der Waals surface area contributed by atoms with Crippen molar-refractivity contribution >= 4 is 21.4 Å². The van der Waals surface area contributed by atoms with Crippen LogP contribution in [0.25, 0.3) is 0 Å². The molecule has 0 aromatic heterocycles. The maximum absolute atomic E-state index is 12.7. The number of nitro benzene ring substituents is 2. The third-order valence-corrected chi connectivity index (χ3v) is 6.63. The smallest absolute Gasteiger partial charge is 0.312 e. The normalized spacial score (nSPS) is 15.0. The fraction of sp³-hybridized carbons (Fsp3) is 0.333. The number of hydrogen-bond acceptors (Lipinski definition) is 8. The third kappa shape index (κ3) is 4.40. The quantitative estimate of drug-likeness (QED) is 0.475. The van der Waals surface area contributed by atoms with E-state index in [2.05, 4.69) is 0 Å². The highest BCUT2D eigenvalue weighted by Gasteiger charge is 2.29. The molecular weight excluding hydrogens is 418 g/mol. The summed E-state index contributed by atoms with van der Waals surface area (Å²) in [6, 6.07) is 7.89. The predicted octanol–water partition coefficient (Wildman–Crippen LogP) is 2.41. The Morgan fingerprint density at radius 3 is 2.37 bits per heavy atom. The van der Waals surface area contributed by atoms with Crippen molar-refractivity contribution in [3.8, 4) is 5.75 Å². The summed E-state index contributed by atoms with van der Waals surface area (Å²) in [4.78, 5) is 21.1. The fourth-order valence-electron chi connectivity index (χ4n) is 3.04. The van der Waals surface area contributed by atoms with Crippen LogP contribution in [0.1, 0.15) is 11.1 Å². The van der Waals surface area contributed by atoms with Crippen molar-refractivity contribution in [3.63, 3.8) is 0 Å². The largest absolute Gasteiger partial charge is 0.482 e. The Labute approximate surface area is 172 Å². The maximum atomic E-state index is 12.7. The highest BCUT2D eigenvalue weighted by Crippen LogP contribution is 2.32. The minimum atomic E-state index is -3.91. The summed E-state index contributed by atoms with van der Waals surface area (Å²) in [5.74, 6) is -0.133. The van der Waals surface area contributed by atoms with E-state index in [-0.39, 0.29) is 49.2 Å². The molecule has 3 rings (SSSR count). The molecule has 0 amide bonds. The second kappa shape index (κ2) is 8.73. The van der Waals surface area contributed by atoms with Gasteiger partial charge in [-0.25, -0.2) is 8.42 Å². The van der Waals surface area contributed by atoms with Crippen LogP contribution >= 0.6 is 0 Å². The molecule has 30 heavy (non-hydrogen) atoms. The van der Waals surface area contributed by atoms with Gasteiger partial charge in [0.05, 0.1) is 28.0 Å². The Kier molecular flexibility index (Phi) is 6.29. The molecule has 0 aliphatic carbocycles. The molecule has 2 aromatic carbocycles. The molecule has 0 atom stereocenters. The molecule has 0 unspecified atom stereocenters. The zero-order valence-electron chi connectivity index (χ0n) is 16.0. The van der Waals surface area contributed by atoms with Crippen LogP contribution in [0.4, 0.5) is 11.4 Å². The van der Waals surface area contributed by atoms with Gasteiger partial charge in [0.15, 0.2) is 5.75 Å². The Morgan fingerprint density at radius 2 is 1.73 bits per heavy atom. The van der Waals surface area contributed by atoms with Crippen molar-refractivity contribution in [3.05, 3.63) is 67.8 Å². The summed E-state index contributed by atoms with van der Waals surface area (Å²) < 4.78 is 37.4. The van der Waals surface area contributed by atoms with Crippen LogP contribution in [0.15, 0.2) is 41.3 Å². The van der Waals surface area contributed by atoms with Gasteiger partial charge in [0.1, 0.15) is 6.61 Å².